The third-order valence-corrected chi connectivity index (χ3v) is 1.95. The van der Waals surface area contributed by atoms with E-state index < -0.39 is 0 Å². The molecule has 0 aromatic heterocycles. The molecule has 1 N–H and O–H groups in total. The summed E-state index contributed by atoms with van der Waals surface area (Å²) in [6, 6.07) is 0. The first-order valence-corrected chi connectivity index (χ1v) is 4.37. The Morgan fingerprint density at radius 1 is 1.45 bits per heavy atom. The number of nitrogens with one attached hydrogen (secondary N) is 1. The van der Waals surface area contributed by atoms with E-state index in [-0.39, 0.29) is 0 Å². The van der Waals surface area contributed by atoms with E-state index in [9.17, 15) is 0 Å². The molecule has 2 heteroatoms. The highest BCUT2D eigenvalue weighted by Crippen LogP contribution is 2.06. The van der Waals surface area contributed by atoms with Crippen LogP contribution >= 0.6 is 0 Å². The van der Waals surface area contributed by atoms with Crippen molar-refractivity contribution in [3.05, 3.63) is 12.2 Å². The van der Waals surface area contributed by atoms with E-state index >= 15 is 0 Å². The summed E-state index contributed by atoms with van der Waals surface area (Å²) in [6.45, 7) is 5.02. The lowest BCUT2D eigenvalue weighted by atomic mass is 10.1. The van der Waals surface area contributed by atoms with Crippen LogP contribution < -0.4 is 5.32 Å². The molecule has 0 saturated carbocycles. The van der Waals surface area contributed by atoms with E-state index in [0.29, 0.717) is 6.10 Å². The maximum atomic E-state index is 5.60. The first-order valence-electron chi connectivity index (χ1n) is 4.37. The predicted octanol–water partition coefficient (Wildman–Crippen LogP) is 1.33. The van der Waals surface area contributed by atoms with Gasteiger partial charge in [-0.3, -0.25) is 0 Å². The van der Waals surface area contributed by atoms with E-state index in [1.807, 2.05) is 13.0 Å². The molecular formula is C9H17NO. The molecule has 0 bridgehead atoms. The molecule has 0 aromatic rings. The summed E-state index contributed by atoms with van der Waals surface area (Å²) in [5, 5.41) is 3.31. The second-order valence-corrected chi connectivity index (χ2v) is 2.85. The van der Waals surface area contributed by atoms with E-state index in [4.69, 9.17) is 4.74 Å². The van der Waals surface area contributed by atoms with Gasteiger partial charge in [-0.15, -0.1) is 0 Å². The van der Waals surface area contributed by atoms with Crippen LogP contribution in [-0.4, -0.2) is 25.8 Å². The molecule has 0 aliphatic carbocycles. The van der Waals surface area contributed by atoms with E-state index in [1.165, 1.54) is 0 Å². The zero-order valence-electron chi connectivity index (χ0n) is 7.18. The Kier molecular flexibility index (Phi) is 4.24. The van der Waals surface area contributed by atoms with Gasteiger partial charge in [0.1, 0.15) is 0 Å². The van der Waals surface area contributed by atoms with Gasteiger partial charge in [-0.05, 0) is 32.9 Å². The molecule has 1 fully saturated rings. The van der Waals surface area contributed by atoms with E-state index in [1.54, 1.807) is 0 Å². The Labute approximate surface area is 68.6 Å². The van der Waals surface area contributed by atoms with Crippen LogP contribution in [0.15, 0.2) is 12.2 Å². The Morgan fingerprint density at radius 2 is 2.18 bits per heavy atom. The second-order valence-electron chi connectivity index (χ2n) is 2.85. The second kappa shape index (κ2) is 5.33. The normalized spacial score (nSPS) is 21.2. The van der Waals surface area contributed by atoms with Gasteiger partial charge < -0.3 is 10.1 Å². The van der Waals surface area contributed by atoms with E-state index in [2.05, 4.69) is 11.4 Å². The van der Waals surface area contributed by atoms with Crippen LogP contribution in [-0.2, 0) is 4.74 Å². The number of allylic oxidation sites excluding steroid dienone is 1. The Morgan fingerprint density at radius 3 is 2.82 bits per heavy atom. The van der Waals surface area contributed by atoms with Crippen LogP contribution in [0.1, 0.15) is 19.8 Å². The van der Waals surface area contributed by atoms with Crippen LogP contribution in [0.5, 0.6) is 0 Å². The lowest BCUT2D eigenvalue weighted by molar-refractivity contribution is 0.0515. The summed E-state index contributed by atoms with van der Waals surface area (Å²) in [5.74, 6) is 0. The molecule has 11 heavy (non-hydrogen) atoms. The van der Waals surface area contributed by atoms with Crippen molar-refractivity contribution in [1.29, 1.82) is 0 Å². The van der Waals surface area contributed by atoms with Crippen molar-refractivity contribution >= 4 is 0 Å². The summed E-state index contributed by atoms with van der Waals surface area (Å²) in [5.41, 5.74) is 0. The maximum absolute atomic E-state index is 5.60. The third-order valence-electron chi connectivity index (χ3n) is 1.95. The highest BCUT2D eigenvalue weighted by atomic mass is 16.5. The summed E-state index contributed by atoms with van der Waals surface area (Å²) in [6.07, 6.45) is 6.91. The van der Waals surface area contributed by atoms with Gasteiger partial charge in [0.2, 0.25) is 0 Å². The predicted molar refractivity (Wildman–Crippen MR) is 46.7 cm³/mol. The summed E-state index contributed by atoms with van der Waals surface area (Å²) >= 11 is 0. The standard InChI is InChI=1S/C9H17NO/c1-2-3-8-11-9-4-6-10-7-5-9/h2-3,9-10H,4-8H2,1H3. The highest BCUT2D eigenvalue weighted by Gasteiger charge is 2.11. The monoisotopic (exact) mass is 155 g/mol. The first-order chi connectivity index (χ1) is 5.43. The van der Waals surface area contributed by atoms with Gasteiger partial charge in [-0.2, -0.15) is 0 Å². The average molecular weight is 155 g/mol. The molecule has 0 unspecified atom stereocenters. The van der Waals surface area contributed by atoms with Crippen LogP contribution in [0.3, 0.4) is 0 Å². The third kappa shape index (κ3) is 3.54. The molecule has 0 aromatic carbocycles. The molecule has 1 saturated heterocycles. The molecule has 0 spiro atoms. The van der Waals surface area contributed by atoms with Gasteiger partial charge in [-0.1, -0.05) is 12.2 Å². The molecule has 1 aliphatic rings. The van der Waals surface area contributed by atoms with Crippen molar-refractivity contribution in [3.63, 3.8) is 0 Å². The Balaban J connectivity index is 2.04. The van der Waals surface area contributed by atoms with Crippen molar-refractivity contribution in [1.82, 2.24) is 5.32 Å². The zero-order chi connectivity index (χ0) is 7.94. The average Bonchev–Trinajstić information content (AvgIpc) is 2.07. The molecule has 0 radical (unpaired) electrons. The molecule has 0 atom stereocenters. The molecule has 1 rings (SSSR count). The summed E-state index contributed by atoms with van der Waals surface area (Å²) < 4.78 is 5.60. The first kappa shape index (κ1) is 8.75. The van der Waals surface area contributed by atoms with Crippen molar-refractivity contribution < 1.29 is 4.74 Å². The number of ether oxygens (including phenoxy) is 1. The quantitative estimate of drug-likeness (QED) is 0.621. The molecule has 64 valence electrons. The van der Waals surface area contributed by atoms with Crippen molar-refractivity contribution in [3.8, 4) is 0 Å². The van der Waals surface area contributed by atoms with Gasteiger partial charge in [0.05, 0.1) is 12.7 Å². The smallest absolute Gasteiger partial charge is 0.0651 e. The Hall–Kier alpha value is -0.340. The van der Waals surface area contributed by atoms with Crippen LogP contribution in [0.25, 0.3) is 0 Å². The Bertz CT molecular complexity index is 117. The minimum absolute atomic E-state index is 0.493. The lowest BCUT2D eigenvalue weighted by Crippen LogP contribution is -2.32. The van der Waals surface area contributed by atoms with Gasteiger partial charge in [0.25, 0.3) is 0 Å². The number of rotatable bonds is 3. The van der Waals surface area contributed by atoms with E-state index in [0.717, 1.165) is 32.5 Å². The SMILES string of the molecule is CC=CCOC1CCNCC1. The maximum Gasteiger partial charge on any atom is 0.0651 e. The van der Waals surface area contributed by atoms with Gasteiger partial charge in [-0.25, -0.2) is 0 Å². The molecule has 2 nitrogen and oxygen atoms in total. The molecule has 1 aliphatic heterocycles. The van der Waals surface area contributed by atoms with Gasteiger partial charge in [0.15, 0.2) is 0 Å². The highest BCUT2D eigenvalue weighted by molar-refractivity contribution is 4.77. The molecular weight excluding hydrogens is 138 g/mol. The number of hydrogen-bond acceptors (Lipinski definition) is 2. The number of piperidine rings is 1. The minimum Gasteiger partial charge on any atom is -0.374 e. The minimum atomic E-state index is 0.493. The van der Waals surface area contributed by atoms with Crippen molar-refractivity contribution in [2.45, 2.75) is 25.9 Å². The fraction of sp³-hybridized carbons (Fsp3) is 0.778. The van der Waals surface area contributed by atoms with Crippen LogP contribution in [0.4, 0.5) is 0 Å². The summed E-state index contributed by atoms with van der Waals surface area (Å²) in [4.78, 5) is 0. The van der Waals surface area contributed by atoms with Gasteiger partial charge >= 0.3 is 0 Å². The summed E-state index contributed by atoms with van der Waals surface area (Å²) in [7, 11) is 0. The topological polar surface area (TPSA) is 21.3 Å². The van der Waals surface area contributed by atoms with Crippen molar-refractivity contribution in [2.24, 2.45) is 0 Å². The van der Waals surface area contributed by atoms with Crippen LogP contribution in [0.2, 0.25) is 0 Å². The lowest BCUT2D eigenvalue weighted by Gasteiger charge is -2.22. The molecule has 0 amide bonds. The van der Waals surface area contributed by atoms with Gasteiger partial charge in [0, 0.05) is 0 Å². The fourth-order valence-electron chi connectivity index (χ4n) is 1.25. The fourth-order valence-corrected chi connectivity index (χ4v) is 1.25. The molecule has 1 heterocycles. The van der Waals surface area contributed by atoms with Crippen molar-refractivity contribution in [2.75, 3.05) is 19.7 Å². The number of hydrogen-bond donors (Lipinski definition) is 1. The zero-order valence-corrected chi connectivity index (χ0v) is 7.18. The largest absolute Gasteiger partial charge is 0.374 e. The van der Waals surface area contributed by atoms with Crippen LogP contribution in [0, 0.1) is 0 Å².